The summed E-state index contributed by atoms with van der Waals surface area (Å²) in [6.07, 6.45) is 0. The van der Waals surface area contributed by atoms with Gasteiger partial charge in [0.25, 0.3) is 11.8 Å². The largest absolute Gasteiger partial charge is 0.344 e. The van der Waals surface area contributed by atoms with Gasteiger partial charge in [0, 0.05) is 14.1 Å². The molecule has 1 N–H and O–H groups in total. The van der Waals surface area contributed by atoms with Crippen molar-refractivity contribution in [2.24, 2.45) is 0 Å². The van der Waals surface area contributed by atoms with E-state index >= 15 is 0 Å². The summed E-state index contributed by atoms with van der Waals surface area (Å²) < 4.78 is 26.6. The van der Waals surface area contributed by atoms with Crippen molar-refractivity contribution in [2.75, 3.05) is 19.4 Å². The van der Waals surface area contributed by atoms with Gasteiger partial charge < -0.3 is 4.90 Å². The van der Waals surface area contributed by atoms with Crippen LogP contribution in [0.15, 0.2) is 18.2 Å². The van der Waals surface area contributed by atoms with Crippen molar-refractivity contribution in [3.63, 3.8) is 0 Å². The van der Waals surface area contributed by atoms with E-state index in [4.69, 9.17) is 0 Å². The number of carbonyl (C=O) groups is 2. The molecule has 0 radical (unpaired) electrons. The van der Waals surface area contributed by atoms with Gasteiger partial charge in [0.1, 0.15) is 16.5 Å². The van der Waals surface area contributed by atoms with Crippen LogP contribution in [0.3, 0.4) is 0 Å². The Kier molecular flexibility index (Phi) is 4.51. The molecule has 0 aliphatic rings. The molecule has 0 saturated carbocycles. The van der Waals surface area contributed by atoms with Gasteiger partial charge in [0.2, 0.25) is 0 Å². The van der Waals surface area contributed by atoms with E-state index in [2.05, 4.69) is 10.3 Å². The third-order valence-corrected chi connectivity index (χ3v) is 3.85. The smallest absolute Gasteiger partial charge is 0.265 e. The number of nitrogens with one attached hydrogen (secondary N) is 1. The Hall–Kier alpha value is -2.35. The fourth-order valence-corrected chi connectivity index (χ4v) is 2.67. The maximum Gasteiger partial charge on any atom is 0.265 e. The molecule has 0 spiro atoms. The third-order valence-electron chi connectivity index (χ3n) is 2.79. The number of rotatable bonds is 3. The molecule has 2 aromatic rings. The molecule has 0 aliphatic carbocycles. The second-order valence-corrected chi connectivity index (χ2v) is 5.71. The van der Waals surface area contributed by atoms with Crippen molar-refractivity contribution in [1.82, 2.24) is 9.88 Å². The monoisotopic (exact) mass is 325 g/mol. The molecule has 0 fully saturated rings. The second kappa shape index (κ2) is 6.18. The quantitative estimate of drug-likeness (QED) is 0.944. The molecule has 0 unspecified atom stereocenters. The normalized spacial score (nSPS) is 10.4. The minimum absolute atomic E-state index is 0.149. The molecule has 1 heterocycles. The Morgan fingerprint density at radius 3 is 2.59 bits per heavy atom. The van der Waals surface area contributed by atoms with E-state index in [1.54, 1.807) is 21.0 Å². The first-order valence-electron chi connectivity index (χ1n) is 6.25. The summed E-state index contributed by atoms with van der Waals surface area (Å²) in [6, 6.07) is 2.60. The molecule has 8 heteroatoms. The standard InChI is InChI=1S/C14H13F2N3O2S/c1-7-11(13(21)19(2)3)22-14(17-7)18-12(20)9-6-8(15)4-5-10(9)16/h4-6H,1-3H3,(H,17,18,20). The fraction of sp³-hybridized carbons (Fsp3) is 0.214. The van der Waals surface area contributed by atoms with Crippen LogP contribution in [0.5, 0.6) is 0 Å². The van der Waals surface area contributed by atoms with Crippen LogP contribution in [0.1, 0.15) is 25.7 Å². The number of carbonyl (C=O) groups excluding carboxylic acids is 2. The Labute approximate surface area is 129 Å². The highest BCUT2D eigenvalue weighted by Gasteiger charge is 2.19. The average molecular weight is 325 g/mol. The van der Waals surface area contributed by atoms with Crippen LogP contribution in [-0.2, 0) is 0 Å². The summed E-state index contributed by atoms with van der Waals surface area (Å²) in [7, 11) is 3.20. The van der Waals surface area contributed by atoms with Crippen LogP contribution in [-0.4, -0.2) is 35.8 Å². The number of benzene rings is 1. The zero-order chi connectivity index (χ0) is 16.4. The lowest BCUT2D eigenvalue weighted by molar-refractivity contribution is 0.0831. The number of anilines is 1. The number of halogens is 2. The van der Waals surface area contributed by atoms with Gasteiger partial charge >= 0.3 is 0 Å². The number of aryl methyl sites for hydroxylation is 1. The Balaban J connectivity index is 2.24. The molecule has 2 amide bonds. The SMILES string of the molecule is Cc1nc(NC(=O)c2cc(F)ccc2F)sc1C(=O)N(C)C. The first-order valence-corrected chi connectivity index (χ1v) is 7.06. The lowest BCUT2D eigenvalue weighted by Crippen LogP contribution is -2.21. The van der Waals surface area contributed by atoms with Gasteiger partial charge in [0.15, 0.2) is 5.13 Å². The molecule has 1 aromatic heterocycles. The van der Waals surface area contributed by atoms with Crippen LogP contribution in [0, 0.1) is 18.6 Å². The number of amides is 2. The van der Waals surface area contributed by atoms with Crippen molar-refractivity contribution in [2.45, 2.75) is 6.92 Å². The van der Waals surface area contributed by atoms with Crippen molar-refractivity contribution in [3.05, 3.63) is 46.0 Å². The van der Waals surface area contributed by atoms with Crippen molar-refractivity contribution in [3.8, 4) is 0 Å². The first kappa shape index (κ1) is 16.0. The van der Waals surface area contributed by atoms with E-state index in [0.29, 0.717) is 10.6 Å². The van der Waals surface area contributed by atoms with Crippen molar-refractivity contribution in [1.29, 1.82) is 0 Å². The summed E-state index contributed by atoms with van der Waals surface area (Å²) in [5, 5.41) is 2.52. The average Bonchev–Trinajstić information content (AvgIpc) is 2.81. The minimum Gasteiger partial charge on any atom is -0.344 e. The summed E-state index contributed by atoms with van der Waals surface area (Å²) >= 11 is 0.979. The van der Waals surface area contributed by atoms with E-state index in [1.165, 1.54) is 4.90 Å². The first-order chi connectivity index (χ1) is 10.3. The Morgan fingerprint density at radius 1 is 1.27 bits per heavy atom. The molecule has 0 atom stereocenters. The van der Waals surface area contributed by atoms with Crippen LogP contribution < -0.4 is 5.32 Å². The highest BCUT2D eigenvalue weighted by molar-refractivity contribution is 7.17. The van der Waals surface area contributed by atoms with Gasteiger partial charge in [-0.2, -0.15) is 0 Å². The van der Waals surface area contributed by atoms with Crippen LogP contribution in [0.25, 0.3) is 0 Å². The molecular weight excluding hydrogens is 312 g/mol. The zero-order valence-corrected chi connectivity index (χ0v) is 12.9. The molecular formula is C14H13F2N3O2S. The highest BCUT2D eigenvalue weighted by atomic mass is 32.1. The van der Waals surface area contributed by atoms with E-state index < -0.39 is 23.1 Å². The van der Waals surface area contributed by atoms with Gasteiger partial charge in [-0.1, -0.05) is 11.3 Å². The lowest BCUT2D eigenvalue weighted by Gasteiger charge is -2.07. The number of hydrogen-bond acceptors (Lipinski definition) is 4. The molecule has 1 aromatic carbocycles. The summed E-state index contributed by atoms with van der Waals surface area (Å²) in [4.78, 5) is 29.7. The fourth-order valence-electron chi connectivity index (χ4n) is 1.69. The van der Waals surface area contributed by atoms with E-state index in [-0.39, 0.29) is 11.0 Å². The van der Waals surface area contributed by atoms with Crippen LogP contribution in [0.4, 0.5) is 13.9 Å². The third kappa shape index (κ3) is 3.28. The minimum atomic E-state index is -0.836. The van der Waals surface area contributed by atoms with Gasteiger partial charge in [-0.3, -0.25) is 14.9 Å². The number of aromatic nitrogens is 1. The van der Waals surface area contributed by atoms with Crippen LogP contribution in [0.2, 0.25) is 0 Å². The maximum atomic E-state index is 13.5. The Morgan fingerprint density at radius 2 is 1.95 bits per heavy atom. The van der Waals surface area contributed by atoms with Gasteiger partial charge in [-0.05, 0) is 25.1 Å². The summed E-state index contributed by atoms with van der Waals surface area (Å²) in [6.45, 7) is 1.63. The predicted molar refractivity (Wildman–Crippen MR) is 79.2 cm³/mol. The van der Waals surface area contributed by atoms with E-state index in [1.807, 2.05) is 0 Å². The molecule has 22 heavy (non-hydrogen) atoms. The van der Waals surface area contributed by atoms with E-state index in [0.717, 1.165) is 29.5 Å². The highest BCUT2D eigenvalue weighted by Crippen LogP contribution is 2.24. The van der Waals surface area contributed by atoms with Crippen molar-refractivity contribution < 1.29 is 18.4 Å². The van der Waals surface area contributed by atoms with Crippen LogP contribution >= 0.6 is 11.3 Å². The Bertz CT molecular complexity index is 744. The van der Waals surface area contributed by atoms with Gasteiger partial charge in [-0.25, -0.2) is 13.8 Å². The molecule has 0 bridgehead atoms. The maximum absolute atomic E-state index is 13.5. The predicted octanol–water partition coefficient (Wildman–Crippen LogP) is 2.68. The lowest BCUT2D eigenvalue weighted by atomic mass is 10.2. The molecule has 5 nitrogen and oxygen atoms in total. The molecule has 0 aliphatic heterocycles. The number of nitrogens with zero attached hydrogens (tertiary/aromatic N) is 2. The number of thiazole rings is 1. The number of hydrogen-bond donors (Lipinski definition) is 1. The summed E-state index contributed by atoms with van der Waals surface area (Å²) in [5.74, 6) is -2.62. The van der Waals surface area contributed by atoms with Gasteiger partial charge in [0.05, 0.1) is 11.3 Å². The van der Waals surface area contributed by atoms with Gasteiger partial charge in [-0.15, -0.1) is 0 Å². The molecule has 116 valence electrons. The summed E-state index contributed by atoms with van der Waals surface area (Å²) in [5.41, 5.74) is 0.0343. The van der Waals surface area contributed by atoms with Crippen molar-refractivity contribution >= 4 is 28.3 Å². The van der Waals surface area contributed by atoms with E-state index in [9.17, 15) is 18.4 Å². The molecule has 0 saturated heterocycles. The zero-order valence-electron chi connectivity index (χ0n) is 12.1. The second-order valence-electron chi connectivity index (χ2n) is 4.71. The topological polar surface area (TPSA) is 62.3 Å². The molecule has 2 rings (SSSR count).